The molecule has 10 heteroatoms. The van der Waals surface area contributed by atoms with Crippen molar-refractivity contribution in [3.8, 4) is 17.5 Å². The number of nitro groups is 1. The molecule has 0 N–H and O–H groups in total. The second-order valence-electron chi connectivity index (χ2n) is 9.19. The van der Waals surface area contributed by atoms with Crippen molar-refractivity contribution in [2.24, 2.45) is 5.92 Å². The van der Waals surface area contributed by atoms with Crippen LogP contribution in [0.3, 0.4) is 0 Å². The van der Waals surface area contributed by atoms with E-state index in [2.05, 4.69) is 22.0 Å². The van der Waals surface area contributed by atoms with Gasteiger partial charge in [0.05, 0.1) is 6.61 Å². The van der Waals surface area contributed by atoms with Crippen molar-refractivity contribution in [1.29, 1.82) is 0 Å². The van der Waals surface area contributed by atoms with Gasteiger partial charge in [0, 0.05) is 41.7 Å². The lowest BCUT2D eigenvalue weighted by molar-refractivity contribution is -0.389. The molecule has 2 aromatic carbocycles. The maximum absolute atomic E-state index is 10.9. The molecule has 0 spiro atoms. The normalized spacial score (nSPS) is 17.8. The van der Waals surface area contributed by atoms with Crippen LogP contribution in [-0.4, -0.2) is 46.9 Å². The molecule has 0 bridgehead atoms. The number of hydrogen-bond donors (Lipinski definition) is 0. The van der Waals surface area contributed by atoms with Gasteiger partial charge in [0.25, 0.3) is 0 Å². The summed E-state index contributed by atoms with van der Waals surface area (Å²) in [7, 11) is 0. The first-order valence-corrected chi connectivity index (χ1v) is 12.7. The van der Waals surface area contributed by atoms with E-state index >= 15 is 0 Å². The van der Waals surface area contributed by atoms with Gasteiger partial charge in [0.1, 0.15) is 30.4 Å². The largest absolute Gasteiger partial charge is 0.494 e. The number of ether oxygens (including phenoxy) is 3. The lowest BCUT2D eigenvalue weighted by atomic mass is 9.93. The molecule has 0 aliphatic carbocycles. The number of benzene rings is 2. The highest BCUT2D eigenvalue weighted by Crippen LogP contribution is 2.28. The molecule has 2 aliphatic rings. The van der Waals surface area contributed by atoms with Crippen molar-refractivity contribution in [3.05, 3.63) is 69.9 Å². The van der Waals surface area contributed by atoms with E-state index in [9.17, 15) is 10.1 Å². The number of aryl methyl sites for hydroxylation is 1. The average Bonchev–Trinajstić information content (AvgIpc) is 3.33. The van der Waals surface area contributed by atoms with Crippen molar-refractivity contribution in [2.75, 3.05) is 31.2 Å². The summed E-state index contributed by atoms with van der Waals surface area (Å²) in [5, 5.41) is 11.6. The summed E-state index contributed by atoms with van der Waals surface area (Å²) in [6, 6.07) is 15.9. The molecule has 190 valence electrons. The van der Waals surface area contributed by atoms with Gasteiger partial charge in [0.15, 0.2) is 0 Å². The van der Waals surface area contributed by atoms with Crippen LogP contribution in [0.2, 0.25) is 5.02 Å². The predicted octanol–water partition coefficient (Wildman–Crippen LogP) is 5.36. The second kappa shape index (κ2) is 11.1. The molecule has 36 heavy (non-hydrogen) atoms. The molecule has 1 atom stereocenters. The highest BCUT2D eigenvalue weighted by atomic mass is 35.5. The van der Waals surface area contributed by atoms with Crippen LogP contribution in [0.5, 0.6) is 17.5 Å². The smallest absolute Gasteiger partial charge is 0.414 e. The summed E-state index contributed by atoms with van der Waals surface area (Å²) >= 11 is 5.92. The van der Waals surface area contributed by atoms with Crippen molar-refractivity contribution in [3.63, 3.8) is 0 Å². The fourth-order valence-electron chi connectivity index (χ4n) is 4.63. The Balaban J connectivity index is 1.03. The Morgan fingerprint density at radius 3 is 2.42 bits per heavy atom. The SMILES string of the molecule is O=[N+]([O-])c1cn2c(n1)OC(COc1ccc(N3CCC(CCOc4ccc(Cl)cc4)CC3)cc1)CC2. The van der Waals surface area contributed by atoms with E-state index in [1.165, 1.54) is 11.9 Å². The zero-order chi connectivity index (χ0) is 24.9. The van der Waals surface area contributed by atoms with Gasteiger partial charge < -0.3 is 29.2 Å². The number of rotatable bonds is 9. The van der Waals surface area contributed by atoms with Crippen molar-refractivity contribution >= 4 is 23.1 Å². The van der Waals surface area contributed by atoms with Gasteiger partial charge >= 0.3 is 11.8 Å². The number of anilines is 1. The first kappa shape index (κ1) is 24.2. The van der Waals surface area contributed by atoms with E-state index in [4.69, 9.17) is 25.8 Å². The maximum atomic E-state index is 10.9. The van der Waals surface area contributed by atoms with Crippen LogP contribution < -0.4 is 19.1 Å². The van der Waals surface area contributed by atoms with Crippen LogP contribution in [0, 0.1) is 16.0 Å². The molecule has 0 amide bonds. The molecule has 3 aromatic rings. The molecule has 1 aromatic heterocycles. The molecule has 1 fully saturated rings. The molecular weight excluding hydrogens is 484 g/mol. The van der Waals surface area contributed by atoms with Crippen LogP contribution >= 0.6 is 11.6 Å². The Bertz CT molecular complexity index is 1160. The van der Waals surface area contributed by atoms with Crippen LogP contribution in [0.15, 0.2) is 54.7 Å². The lowest BCUT2D eigenvalue weighted by Gasteiger charge is -2.33. The van der Waals surface area contributed by atoms with E-state index in [0.717, 1.165) is 55.5 Å². The van der Waals surface area contributed by atoms with Crippen molar-refractivity contribution in [2.45, 2.75) is 38.3 Å². The first-order chi connectivity index (χ1) is 17.5. The fourth-order valence-corrected chi connectivity index (χ4v) is 4.76. The average molecular weight is 513 g/mol. The number of imidazole rings is 1. The van der Waals surface area contributed by atoms with Crippen LogP contribution in [-0.2, 0) is 6.54 Å². The second-order valence-corrected chi connectivity index (χ2v) is 9.62. The lowest BCUT2D eigenvalue weighted by Crippen LogP contribution is -2.34. The first-order valence-electron chi connectivity index (χ1n) is 12.3. The number of fused-ring (bicyclic) bond motifs is 1. The van der Waals surface area contributed by atoms with Gasteiger partial charge in [-0.3, -0.25) is 4.57 Å². The molecule has 1 unspecified atom stereocenters. The van der Waals surface area contributed by atoms with Crippen molar-refractivity contribution < 1.29 is 19.1 Å². The van der Waals surface area contributed by atoms with Gasteiger partial charge in [0.2, 0.25) is 0 Å². The molecule has 1 saturated heterocycles. The van der Waals surface area contributed by atoms with Gasteiger partial charge in [-0.2, -0.15) is 0 Å². The number of aromatic nitrogens is 2. The van der Waals surface area contributed by atoms with Crippen LogP contribution in [0.25, 0.3) is 0 Å². The number of halogens is 1. The summed E-state index contributed by atoms with van der Waals surface area (Å²) in [4.78, 5) is 16.7. The number of nitrogens with zero attached hydrogens (tertiary/aromatic N) is 4. The Morgan fingerprint density at radius 2 is 1.69 bits per heavy atom. The molecule has 0 radical (unpaired) electrons. The summed E-state index contributed by atoms with van der Waals surface area (Å²) in [6.45, 7) is 3.76. The van der Waals surface area contributed by atoms with E-state index < -0.39 is 4.92 Å². The van der Waals surface area contributed by atoms with Gasteiger partial charge in [-0.25, -0.2) is 0 Å². The third-order valence-electron chi connectivity index (χ3n) is 6.74. The highest BCUT2D eigenvalue weighted by Gasteiger charge is 2.28. The zero-order valence-corrected chi connectivity index (χ0v) is 20.7. The minimum atomic E-state index is -0.512. The van der Waals surface area contributed by atoms with E-state index in [-0.39, 0.29) is 17.9 Å². The van der Waals surface area contributed by atoms with Crippen molar-refractivity contribution in [1.82, 2.24) is 9.55 Å². The maximum Gasteiger partial charge on any atom is 0.414 e. The van der Waals surface area contributed by atoms with Gasteiger partial charge in [-0.1, -0.05) is 11.6 Å². The number of piperidine rings is 1. The Hall–Kier alpha value is -3.46. The Labute approximate surface area is 214 Å². The third-order valence-corrected chi connectivity index (χ3v) is 6.99. The molecule has 3 heterocycles. The highest BCUT2D eigenvalue weighted by molar-refractivity contribution is 6.30. The predicted molar refractivity (Wildman–Crippen MR) is 136 cm³/mol. The van der Waals surface area contributed by atoms with Gasteiger partial charge in [-0.05, 0) is 78.6 Å². The summed E-state index contributed by atoms with van der Waals surface area (Å²) in [5.41, 5.74) is 1.20. The molecule has 2 aliphatic heterocycles. The standard InChI is InChI=1S/C26H29ClN4O5/c27-20-1-5-22(6-2-20)34-16-12-19-9-13-29(14-10-19)21-3-7-23(8-4-21)35-18-24-11-15-30-17-25(31(32)33)28-26(30)36-24/h1-8,17,19,24H,9-16,18H2. The van der Waals surface area contributed by atoms with Crippen LogP contribution in [0.4, 0.5) is 11.5 Å². The minimum absolute atomic E-state index is 0.193. The quantitative estimate of drug-likeness (QED) is 0.281. The summed E-state index contributed by atoms with van der Waals surface area (Å²) in [6.07, 6.45) is 5.27. The summed E-state index contributed by atoms with van der Waals surface area (Å²) < 4.78 is 19.2. The topological polar surface area (TPSA) is 91.9 Å². The fraction of sp³-hybridized carbons (Fsp3) is 0.423. The zero-order valence-electron chi connectivity index (χ0n) is 19.9. The molecule has 9 nitrogen and oxygen atoms in total. The molecule has 5 rings (SSSR count). The molecular formula is C26H29ClN4O5. The van der Waals surface area contributed by atoms with E-state index in [1.807, 2.05) is 36.4 Å². The molecule has 0 saturated carbocycles. The van der Waals surface area contributed by atoms with E-state index in [0.29, 0.717) is 25.5 Å². The Kier molecular flexibility index (Phi) is 7.46. The van der Waals surface area contributed by atoms with E-state index in [1.54, 1.807) is 4.57 Å². The van der Waals surface area contributed by atoms with Crippen LogP contribution in [0.1, 0.15) is 25.7 Å². The number of hydrogen-bond acceptors (Lipinski definition) is 7. The van der Waals surface area contributed by atoms with Gasteiger partial charge in [-0.15, -0.1) is 0 Å². The minimum Gasteiger partial charge on any atom is -0.494 e. The Morgan fingerprint density at radius 1 is 1.00 bits per heavy atom. The monoisotopic (exact) mass is 512 g/mol. The third kappa shape index (κ3) is 6.02. The summed E-state index contributed by atoms with van der Waals surface area (Å²) in [5.74, 6) is 2.11.